The van der Waals surface area contributed by atoms with Gasteiger partial charge in [0, 0.05) is 44.1 Å². The van der Waals surface area contributed by atoms with Crippen LogP contribution in [-0.2, 0) is 4.79 Å². The lowest BCUT2D eigenvalue weighted by Gasteiger charge is -2.36. The molecule has 5 rings (SSSR count). The van der Waals surface area contributed by atoms with Crippen LogP contribution in [0.5, 0.6) is 0 Å². The number of hydrogen-bond donors (Lipinski definition) is 1. The zero-order valence-corrected chi connectivity index (χ0v) is 19.1. The number of amides is 2. The highest BCUT2D eigenvalue weighted by molar-refractivity contribution is 5.94. The number of nitrogens with one attached hydrogen (secondary N) is 1. The van der Waals surface area contributed by atoms with Crippen molar-refractivity contribution in [1.82, 2.24) is 20.2 Å². The molecule has 2 aliphatic heterocycles. The lowest BCUT2D eigenvalue weighted by atomic mass is 9.94. The molecule has 2 aromatic heterocycles. The van der Waals surface area contributed by atoms with Gasteiger partial charge in [-0.2, -0.15) is 0 Å². The van der Waals surface area contributed by atoms with Gasteiger partial charge in [-0.3, -0.25) is 14.6 Å². The van der Waals surface area contributed by atoms with Crippen LogP contribution in [0.15, 0.2) is 30.6 Å². The van der Waals surface area contributed by atoms with E-state index in [0.29, 0.717) is 31.0 Å². The summed E-state index contributed by atoms with van der Waals surface area (Å²) in [6.07, 6.45) is 6.91. The predicted molar refractivity (Wildman–Crippen MR) is 123 cm³/mol. The minimum absolute atomic E-state index is 0.00587. The van der Waals surface area contributed by atoms with Crippen LogP contribution in [0, 0.1) is 6.92 Å². The van der Waals surface area contributed by atoms with Crippen LogP contribution in [0.25, 0.3) is 0 Å². The quantitative estimate of drug-likeness (QED) is 0.802. The normalized spacial score (nSPS) is 22.7. The zero-order valence-electron chi connectivity index (χ0n) is 19.1. The van der Waals surface area contributed by atoms with Gasteiger partial charge in [-0.15, -0.1) is 0 Å². The molecule has 2 aromatic rings. The summed E-state index contributed by atoms with van der Waals surface area (Å²) in [7, 11) is 0. The average molecular weight is 434 g/mol. The standard InChI is InChI=1S/C25H31N5O2/c1-16-12-19(17-4-5-17)15-27-22(16)29-8-10-30(11-9-29)24(32)18-6-7-21(26-14-18)20-13-25(2,3)28-23(20)31/h6-7,12,14-15,17,20H,4-5,8-11,13H2,1-3H3,(H,28,31). The maximum absolute atomic E-state index is 13.0. The van der Waals surface area contributed by atoms with Crippen molar-refractivity contribution in [3.63, 3.8) is 0 Å². The van der Waals surface area contributed by atoms with Crippen molar-refractivity contribution in [2.75, 3.05) is 31.1 Å². The van der Waals surface area contributed by atoms with Crippen molar-refractivity contribution in [2.45, 2.75) is 57.4 Å². The van der Waals surface area contributed by atoms with Crippen molar-refractivity contribution in [3.8, 4) is 0 Å². The highest BCUT2D eigenvalue weighted by Gasteiger charge is 2.39. The van der Waals surface area contributed by atoms with Crippen LogP contribution in [0.4, 0.5) is 5.82 Å². The number of hydrogen-bond acceptors (Lipinski definition) is 5. The van der Waals surface area contributed by atoms with Crippen LogP contribution in [0.3, 0.4) is 0 Å². The molecule has 32 heavy (non-hydrogen) atoms. The molecular formula is C25H31N5O2. The fourth-order valence-electron chi connectivity index (χ4n) is 4.92. The molecule has 0 aromatic carbocycles. The summed E-state index contributed by atoms with van der Waals surface area (Å²) in [5, 5.41) is 3.00. The van der Waals surface area contributed by atoms with Gasteiger partial charge in [-0.25, -0.2) is 4.98 Å². The first-order valence-electron chi connectivity index (χ1n) is 11.6. The number of carbonyl (C=O) groups is 2. The molecule has 1 atom stereocenters. The molecule has 2 amide bonds. The van der Waals surface area contributed by atoms with E-state index in [-0.39, 0.29) is 23.3 Å². The summed E-state index contributed by atoms with van der Waals surface area (Å²) in [6.45, 7) is 9.01. The van der Waals surface area contributed by atoms with Gasteiger partial charge in [0.05, 0.1) is 17.2 Å². The summed E-state index contributed by atoms with van der Waals surface area (Å²) >= 11 is 0. The van der Waals surface area contributed by atoms with E-state index < -0.39 is 0 Å². The Morgan fingerprint density at radius 2 is 1.84 bits per heavy atom. The number of aromatic nitrogens is 2. The SMILES string of the molecule is Cc1cc(C2CC2)cnc1N1CCN(C(=O)c2ccc(C3CC(C)(C)NC3=O)nc2)CC1. The first kappa shape index (κ1) is 20.9. The molecule has 168 valence electrons. The monoisotopic (exact) mass is 433 g/mol. The Balaban J connectivity index is 1.21. The van der Waals surface area contributed by atoms with E-state index in [4.69, 9.17) is 4.98 Å². The largest absolute Gasteiger partial charge is 0.353 e. The number of aryl methyl sites for hydroxylation is 1. The third kappa shape index (κ3) is 4.08. The molecule has 7 heteroatoms. The fraction of sp³-hybridized carbons (Fsp3) is 0.520. The second-order valence-corrected chi connectivity index (χ2v) is 10.1. The lowest BCUT2D eigenvalue weighted by molar-refractivity contribution is -0.120. The van der Waals surface area contributed by atoms with Gasteiger partial charge in [-0.1, -0.05) is 6.07 Å². The number of carbonyl (C=O) groups excluding carboxylic acids is 2. The van der Waals surface area contributed by atoms with Crippen LogP contribution in [0.1, 0.15) is 72.1 Å². The average Bonchev–Trinajstić information content (AvgIpc) is 3.58. The van der Waals surface area contributed by atoms with Crippen molar-refractivity contribution in [2.24, 2.45) is 0 Å². The molecule has 2 saturated heterocycles. The summed E-state index contributed by atoms with van der Waals surface area (Å²) < 4.78 is 0. The van der Waals surface area contributed by atoms with E-state index in [9.17, 15) is 9.59 Å². The number of anilines is 1. The van der Waals surface area contributed by atoms with Gasteiger partial charge in [0.25, 0.3) is 5.91 Å². The van der Waals surface area contributed by atoms with Crippen molar-refractivity contribution in [1.29, 1.82) is 0 Å². The van der Waals surface area contributed by atoms with Crippen LogP contribution >= 0.6 is 0 Å². The number of nitrogens with zero attached hydrogens (tertiary/aromatic N) is 4. The smallest absolute Gasteiger partial charge is 0.255 e. The third-order valence-corrected chi connectivity index (χ3v) is 6.87. The maximum Gasteiger partial charge on any atom is 0.255 e. The molecular weight excluding hydrogens is 402 g/mol. The van der Waals surface area contributed by atoms with E-state index in [2.05, 4.69) is 28.2 Å². The van der Waals surface area contributed by atoms with E-state index in [1.54, 1.807) is 12.3 Å². The Labute approximate surface area is 189 Å². The fourth-order valence-corrected chi connectivity index (χ4v) is 4.92. The summed E-state index contributed by atoms with van der Waals surface area (Å²) in [6, 6.07) is 5.90. The molecule has 3 fully saturated rings. The van der Waals surface area contributed by atoms with Crippen molar-refractivity contribution < 1.29 is 9.59 Å². The molecule has 1 unspecified atom stereocenters. The highest BCUT2D eigenvalue weighted by atomic mass is 16.2. The van der Waals surface area contributed by atoms with E-state index in [0.717, 1.165) is 24.6 Å². The van der Waals surface area contributed by atoms with Crippen LogP contribution < -0.4 is 10.2 Å². The zero-order chi connectivity index (χ0) is 22.5. The van der Waals surface area contributed by atoms with Gasteiger partial charge in [0.15, 0.2) is 0 Å². The first-order valence-corrected chi connectivity index (χ1v) is 11.6. The molecule has 1 aliphatic carbocycles. The third-order valence-electron chi connectivity index (χ3n) is 6.87. The molecule has 3 aliphatic rings. The van der Waals surface area contributed by atoms with Gasteiger partial charge < -0.3 is 15.1 Å². The van der Waals surface area contributed by atoms with E-state index >= 15 is 0 Å². The molecule has 0 spiro atoms. The van der Waals surface area contributed by atoms with Gasteiger partial charge in [0.1, 0.15) is 5.82 Å². The molecule has 4 heterocycles. The van der Waals surface area contributed by atoms with Crippen molar-refractivity contribution >= 4 is 17.6 Å². The summed E-state index contributed by atoms with van der Waals surface area (Å²) in [5.41, 5.74) is 3.65. The van der Waals surface area contributed by atoms with Gasteiger partial charge >= 0.3 is 0 Å². The Hall–Kier alpha value is -2.96. The van der Waals surface area contributed by atoms with Gasteiger partial charge in [-0.05, 0) is 69.2 Å². The van der Waals surface area contributed by atoms with Crippen LogP contribution in [0.2, 0.25) is 0 Å². The minimum atomic E-state index is -0.250. The molecule has 0 radical (unpaired) electrons. The Kier molecular flexibility index (Phi) is 5.14. The second-order valence-electron chi connectivity index (χ2n) is 10.1. The highest BCUT2D eigenvalue weighted by Crippen LogP contribution is 2.40. The number of pyridine rings is 2. The van der Waals surface area contributed by atoms with Crippen molar-refractivity contribution in [3.05, 3.63) is 53.0 Å². The molecule has 7 nitrogen and oxygen atoms in total. The summed E-state index contributed by atoms with van der Waals surface area (Å²) in [4.78, 5) is 38.6. The van der Waals surface area contributed by atoms with E-state index in [1.807, 2.05) is 31.0 Å². The Bertz CT molecular complexity index is 1040. The Morgan fingerprint density at radius 3 is 2.41 bits per heavy atom. The van der Waals surface area contributed by atoms with Crippen LogP contribution in [-0.4, -0.2) is 58.4 Å². The number of piperazine rings is 1. The maximum atomic E-state index is 13.0. The topological polar surface area (TPSA) is 78.4 Å². The lowest BCUT2D eigenvalue weighted by Crippen LogP contribution is -2.49. The molecule has 0 bridgehead atoms. The van der Waals surface area contributed by atoms with Gasteiger partial charge in [0.2, 0.25) is 5.91 Å². The number of rotatable bonds is 4. The minimum Gasteiger partial charge on any atom is -0.353 e. The second kappa shape index (κ2) is 7.87. The predicted octanol–water partition coefficient (Wildman–Crippen LogP) is 3.01. The van der Waals surface area contributed by atoms with E-state index in [1.165, 1.54) is 24.0 Å². The first-order chi connectivity index (χ1) is 15.3. The molecule has 1 N–H and O–H groups in total. The molecule has 1 saturated carbocycles. The Morgan fingerprint density at radius 1 is 1.09 bits per heavy atom. The summed E-state index contributed by atoms with van der Waals surface area (Å²) in [5.74, 6) is 1.49.